The SMILES string of the molecule is CC1(c2ccc(Cl)cc2)NC(=O)N(CN2CCCCC2)C1=O. The van der Waals surface area contributed by atoms with Crippen LogP contribution < -0.4 is 5.32 Å². The van der Waals surface area contributed by atoms with Crippen molar-refractivity contribution in [1.29, 1.82) is 0 Å². The molecule has 22 heavy (non-hydrogen) atoms. The molecule has 118 valence electrons. The summed E-state index contributed by atoms with van der Waals surface area (Å²) in [5, 5.41) is 3.43. The van der Waals surface area contributed by atoms with Crippen LogP contribution in [0.3, 0.4) is 0 Å². The predicted molar refractivity (Wildman–Crippen MR) is 84.5 cm³/mol. The van der Waals surface area contributed by atoms with Crippen LogP contribution in [-0.4, -0.2) is 41.5 Å². The molecule has 0 spiro atoms. The van der Waals surface area contributed by atoms with Crippen LogP contribution in [0.1, 0.15) is 31.7 Å². The third-order valence-electron chi connectivity index (χ3n) is 4.49. The van der Waals surface area contributed by atoms with E-state index < -0.39 is 5.54 Å². The van der Waals surface area contributed by atoms with Crippen LogP contribution in [0.2, 0.25) is 5.02 Å². The Bertz CT molecular complexity index is 584. The number of amides is 3. The molecule has 6 heteroatoms. The molecule has 1 aromatic carbocycles. The first-order valence-corrected chi connectivity index (χ1v) is 8.01. The van der Waals surface area contributed by atoms with Gasteiger partial charge in [-0.3, -0.25) is 9.69 Å². The number of nitrogens with one attached hydrogen (secondary N) is 1. The number of carbonyl (C=O) groups excluding carboxylic acids is 2. The molecule has 3 rings (SSSR count). The van der Waals surface area contributed by atoms with Gasteiger partial charge in [-0.25, -0.2) is 9.69 Å². The minimum Gasteiger partial charge on any atom is -0.319 e. The Balaban J connectivity index is 1.79. The van der Waals surface area contributed by atoms with Crippen molar-refractivity contribution in [2.75, 3.05) is 19.8 Å². The highest BCUT2D eigenvalue weighted by Gasteiger charge is 2.49. The first kappa shape index (κ1) is 15.3. The summed E-state index contributed by atoms with van der Waals surface area (Å²) in [6.45, 7) is 3.99. The number of benzene rings is 1. The number of imide groups is 1. The molecule has 0 aliphatic carbocycles. The predicted octanol–water partition coefficient (Wildman–Crippen LogP) is 2.55. The number of carbonyl (C=O) groups is 2. The van der Waals surface area contributed by atoms with Gasteiger partial charge < -0.3 is 5.32 Å². The van der Waals surface area contributed by atoms with Crippen LogP contribution in [0.4, 0.5) is 4.79 Å². The summed E-state index contributed by atoms with van der Waals surface area (Å²) in [4.78, 5) is 28.5. The summed E-state index contributed by atoms with van der Waals surface area (Å²) in [6.07, 6.45) is 3.47. The Labute approximate surface area is 135 Å². The van der Waals surface area contributed by atoms with Crippen molar-refractivity contribution in [3.05, 3.63) is 34.9 Å². The molecule has 2 saturated heterocycles. The van der Waals surface area contributed by atoms with Crippen LogP contribution in [0.5, 0.6) is 0 Å². The van der Waals surface area contributed by atoms with Crippen LogP contribution in [-0.2, 0) is 10.3 Å². The van der Waals surface area contributed by atoms with Crippen LogP contribution in [0.25, 0.3) is 0 Å². The van der Waals surface area contributed by atoms with Crippen molar-refractivity contribution in [2.45, 2.75) is 31.7 Å². The molecule has 2 aliphatic heterocycles. The number of hydrogen-bond donors (Lipinski definition) is 1. The molecule has 2 fully saturated rings. The lowest BCUT2D eigenvalue weighted by Gasteiger charge is -2.30. The first-order valence-electron chi connectivity index (χ1n) is 7.63. The van der Waals surface area contributed by atoms with Crippen molar-refractivity contribution in [3.8, 4) is 0 Å². The highest BCUT2D eigenvalue weighted by atomic mass is 35.5. The number of nitrogens with zero attached hydrogens (tertiary/aromatic N) is 2. The summed E-state index contributed by atoms with van der Waals surface area (Å²) in [6, 6.07) is 6.70. The van der Waals surface area contributed by atoms with Crippen molar-refractivity contribution < 1.29 is 9.59 Å². The average Bonchev–Trinajstić information content (AvgIpc) is 2.73. The number of hydrogen-bond acceptors (Lipinski definition) is 3. The zero-order chi connectivity index (χ0) is 15.7. The highest BCUT2D eigenvalue weighted by molar-refractivity contribution is 6.30. The number of urea groups is 1. The summed E-state index contributed by atoms with van der Waals surface area (Å²) >= 11 is 5.90. The minimum atomic E-state index is -1.02. The molecule has 1 aromatic rings. The number of likely N-dealkylation sites (tertiary alicyclic amines) is 1. The van der Waals surface area contributed by atoms with Crippen molar-refractivity contribution >= 4 is 23.5 Å². The van der Waals surface area contributed by atoms with Gasteiger partial charge in [-0.1, -0.05) is 30.2 Å². The Morgan fingerprint density at radius 2 is 1.77 bits per heavy atom. The number of rotatable bonds is 3. The van der Waals surface area contributed by atoms with E-state index >= 15 is 0 Å². The lowest BCUT2D eigenvalue weighted by molar-refractivity contribution is -0.132. The first-order chi connectivity index (χ1) is 10.5. The maximum atomic E-state index is 12.8. The van der Waals surface area contributed by atoms with Gasteiger partial charge in [0.25, 0.3) is 5.91 Å². The van der Waals surface area contributed by atoms with Gasteiger partial charge in [0.1, 0.15) is 5.54 Å². The maximum Gasteiger partial charge on any atom is 0.326 e. The standard InChI is InChI=1S/C16H20ClN3O2/c1-16(12-5-7-13(17)8-6-12)14(21)20(15(22)18-16)11-19-9-3-2-4-10-19/h5-8H,2-4,9-11H2,1H3,(H,18,22). The van der Waals surface area contributed by atoms with Gasteiger partial charge in [0, 0.05) is 5.02 Å². The van der Waals surface area contributed by atoms with Crippen molar-refractivity contribution in [3.63, 3.8) is 0 Å². The van der Waals surface area contributed by atoms with Crippen molar-refractivity contribution in [1.82, 2.24) is 15.1 Å². The molecule has 2 aliphatic rings. The van der Waals surface area contributed by atoms with E-state index in [1.807, 2.05) is 0 Å². The van der Waals surface area contributed by atoms with E-state index in [4.69, 9.17) is 11.6 Å². The molecule has 0 radical (unpaired) electrons. The normalized spacial score (nSPS) is 26.4. The molecular weight excluding hydrogens is 302 g/mol. The topological polar surface area (TPSA) is 52.7 Å². The summed E-state index contributed by atoms with van der Waals surface area (Å²) in [7, 11) is 0. The lowest BCUT2D eigenvalue weighted by atomic mass is 9.92. The van der Waals surface area contributed by atoms with E-state index in [1.54, 1.807) is 31.2 Å². The number of halogens is 1. The Hall–Kier alpha value is -1.59. The van der Waals surface area contributed by atoms with E-state index in [2.05, 4.69) is 10.2 Å². The molecule has 1 unspecified atom stereocenters. The zero-order valence-corrected chi connectivity index (χ0v) is 13.4. The zero-order valence-electron chi connectivity index (χ0n) is 12.6. The maximum absolute atomic E-state index is 12.8. The molecule has 1 atom stereocenters. The van der Waals surface area contributed by atoms with Gasteiger partial charge in [-0.05, 0) is 50.6 Å². The Morgan fingerprint density at radius 1 is 1.14 bits per heavy atom. The fourth-order valence-electron chi connectivity index (χ4n) is 3.11. The van der Waals surface area contributed by atoms with E-state index in [0.717, 1.165) is 31.5 Å². The van der Waals surface area contributed by atoms with Gasteiger partial charge in [0.15, 0.2) is 0 Å². The summed E-state index contributed by atoms with van der Waals surface area (Å²) < 4.78 is 0. The molecule has 0 aromatic heterocycles. The van der Waals surface area contributed by atoms with Crippen LogP contribution >= 0.6 is 11.6 Å². The van der Waals surface area contributed by atoms with Gasteiger partial charge in [0.05, 0.1) is 6.67 Å². The van der Waals surface area contributed by atoms with Gasteiger partial charge >= 0.3 is 6.03 Å². The van der Waals surface area contributed by atoms with E-state index in [0.29, 0.717) is 11.7 Å². The smallest absolute Gasteiger partial charge is 0.319 e. The third kappa shape index (κ3) is 2.71. The molecular formula is C16H20ClN3O2. The second-order valence-electron chi connectivity index (χ2n) is 6.12. The van der Waals surface area contributed by atoms with Crippen LogP contribution in [0.15, 0.2) is 24.3 Å². The molecule has 0 bridgehead atoms. The lowest BCUT2D eigenvalue weighted by Crippen LogP contribution is -2.45. The van der Waals surface area contributed by atoms with E-state index in [1.165, 1.54) is 11.3 Å². The van der Waals surface area contributed by atoms with E-state index in [-0.39, 0.29) is 11.9 Å². The second kappa shape index (κ2) is 5.89. The fraction of sp³-hybridized carbons (Fsp3) is 0.500. The molecule has 5 nitrogen and oxygen atoms in total. The largest absolute Gasteiger partial charge is 0.326 e. The van der Waals surface area contributed by atoms with Crippen LogP contribution in [0, 0.1) is 0 Å². The monoisotopic (exact) mass is 321 g/mol. The Morgan fingerprint density at radius 3 is 2.41 bits per heavy atom. The Kier molecular flexibility index (Phi) is 4.10. The third-order valence-corrected chi connectivity index (χ3v) is 4.74. The van der Waals surface area contributed by atoms with E-state index in [9.17, 15) is 9.59 Å². The molecule has 0 saturated carbocycles. The summed E-state index contributed by atoms with van der Waals surface area (Å²) in [5.74, 6) is -0.203. The quantitative estimate of drug-likeness (QED) is 0.870. The molecule has 3 amide bonds. The summed E-state index contributed by atoms with van der Waals surface area (Å²) in [5.41, 5.74) is -0.270. The van der Waals surface area contributed by atoms with Gasteiger partial charge in [0.2, 0.25) is 0 Å². The number of piperidine rings is 1. The van der Waals surface area contributed by atoms with Gasteiger partial charge in [-0.15, -0.1) is 0 Å². The average molecular weight is 322 g/mol. The molecule has 1 N–H and O–H groups in total. The second-order valence-corrected chi connectivity index (χ2v) is 6.55. The highest BCUT2D eigenvalue weighted by Crippen LogP contribution is 2.30. The minimum absolute atomic E-state index is 0.203. The van der Waals surface area contributed by atoms with Gasteiger partial charge in [-0.2, -0.15) is 0 Å². The van der Waals surface area contributed by atoms with Crippen molar-refractivity contribution in [2.24, 2.45) is 0 Å². The fourth-order valence-corrected chi connectivity index (χ4v) is 3.23. The molecule has 2 heterocycles.